The monoisotopic (exact) mass is 220 g/mol. The summed E-state index contributed by atoms with van der Waals surface area (Å²) in [5.41, 5.74) is 2.46. The molecule has 1 saturated heterocycles. The summed E-state index contributed by atoms with van der Waals surface area (Å²) in [6.07, 6.45) is 4.33. The first-order chi connectivity index (χ1) is 7.36. The Kier molecular flexibility index (Phi) is 2.19. The van der Waals surface area contributed by atoms with E-state index < -0.39 is 0 Å². The van der Waals surface area contributed by atoms with Crippen molar-refractivity contribution in [2.24, 2.45) is 0 Å². The Morgan fingerprint density at radius 3 is 3.07 bits per heavy atom. The van der Waals surface area contributed by atoms with Crippen LogP contribution in [0, 0.1) is 0 Å². The van der Waals surface area contributed by atoms with E-state index in [2.05, 4.69) is 28.5 Å². The van der Waals surface area contributed by atoms with Gasteiger partial charge in [-0.25, -0.2) is 0 Å². The van der Waals surface area contributed by atoms with Crippen LogP contribution in [0.3, 0.4) is 0 Å². The van der Waals surface area contributed by atoms with Crippen molar-refractivity contribution in [2.45, 2.75) is 18.9 Å². The highest BCUT2D eigenvalue weighted by atomic mass is 35.5. The van der Waals surface area contributed by atoms with E-state index in [4.69, 9.17) is 11.6 Å². The number of fused-ring (bicyclic) bond motifs is 1. The van der Waals surface area contributed by atoms with Crippen LogP contribution in [-0.2, 0) is 0 Å². The minimum atomic E-state index is 0.474. The summed E-state index contributed by atoms with van der Waals surface area (Å²) in [6.45, 7) is 1.11. The van der Waals surface area contributed by atoms with Crippen molar-refractivity contribution in [3.63, 3.8) is 0 Å². The predicted molar refractivity (Wildman–Crippen MR) is 63.3 cm³/mol. The number of hydrogen-bond acceptors (Lipinski definition) is 1. The molecule has 2 N–H and O–H groups in total. The first-order valence-electron chi connectivity index (χ1n) is 5.35. The minimum absolute atomic E-state index is 0.474. The van der Waals surface area contributed by atoms with E-state index in [0.717, 1.165) is 17.1 Å². The Morgan fingerprint density at radius 2 is 2.27 bits per heavy atom. The van der Waals surface area contributed by atoms with E-state index in [9.17, 15) is 0 Å². The van der Waals surface area contributed by atoms with E-state index in [-0.39, 0.29) is 0 Å². The molecule has 2 nitrogen and oxygen atoms in total. The summed E-state index contributed by atoms with van der Waals surface area (Å²) in [7, 11) is 0. The molecule has 1 aromatic heterocycles. The molecule has 1 fully saturated rings. The van der Waals surface area contributed by atoms with Crippen LogP contribution in [0.1, 0.15) is 24.4 Å². The zero-order valence-electron chi connectivity index (χ0n) is 8.39. The molecule has 0 radical (unpaired) electrons. The molecule has 0 bridgehead atoms. The summed E-state index contributed by atoms with van der Waals surface area (Å²) in [6, 6.07) is 6.80. The summed E-state index contributed by atoms with van der Waals surface area (Å²) in [5.74, 6) is 0. The molecule has 1 aliphatic rings. The number of H-pyrrole nitrogens is 1. The maximum atomic E-state index is 6.20. The van der Waals surface area contributed by atoms with Crippen LogP contribution in [0.15, 0.2) is 24.4 Å². The lowest BCUT2D eigenvalue weighted by atomic mass is 10.0. The van der Waals surface area contributed by atoms with Crippen LogP contribution in [-0.4, -0.2) is 11.5 Å². The van der Waals surface area contributed by atoms with Crippen molar-refractivity contribution in [3.8, 4) is 0 Å². The number of nitrogens with one attached hydrogen (secondary N) is 2. The quantitative estimate of drug-likeness (QED) is 0.759. The summed E-state index contributed by atoms with van der Waals surface area (Å²) in [4.78, 5) is 3.19. The fourth-order valence-corrected chi connectivity index (χ4v) is 2.68. The predicted octanol–water partition coefficient (Wildman–Crippen LogP) is 3.25. The Morgan fingerprint density at radius 1 is 1.33 bits per heavy atom. The number of aromatic nitrogens is 1. The largest absolute Gasteiger partial charge is 0.360 e. The van der Waals surface area contributed by atoms with E-state index in [1.54, 1.807) is 0 Å². The zero-order chi connectivity index (χ0) is 10.3. The highest BCUT2D eigenvalue weighted by Crippen LogP contribution is 2.33. The fraction of sp³-hybridized carbons (Fsp3) is 0.333. The SMILES string of the molecule is Clc1c[nH]c2cccc(C3CCCN3)c12. The van der Waals surface area contributed by atoms with Crippen molar-refractivity contribution < 1.29 is 0 Å². The Balaban J connectivity index is 2.19. The number of aromatic amines is 1. The van der Waals surface area contributed by atoms with Gasteiger partial charge < -0.3 is 10.3 Å². The zero-order valence-corrected chi connectivity index (χ0v) is 9.14. The number of halogens is 1. The van der Waals surface area contributed by atoms with E-state index in [1.165, 1.54) is 23.8 Å². The smallest absolute Gasteiger partial charge is 0.0662 e. The molecule has 1 aromatic carbocycles. The molecule has 1 atom stereocenters. The third-order valence-electron chi connectivity index (χ3n) is 3.13. The first kappa shape index (κ1) is 9.25. The second-order valence-electron chi connectivity index (χ2n) is 4.06. The minimum Gasteiger partial charge on any atom is -0.360 e. The van der Waals surface area contributed by atoms with Gasteiger partial charge in [0.2, 0.25) is 0 Å². The standard InChI is InChI=1S/C12H13ClN2/c13-9-7-15-11-4-1-3-8(12(9)11)10-5-2-6-14-10/h1,3-4,7,10,14-15H,2,5-6H2. The van der Waals surface area contributed by atoms with E-state index in [0.29, 0.717) is 6.04 Å². The van der Waals surface area contributed by atoms with Gasteiger partial charge in [0, 0.05) is 23.1 Å². The van der Waals surface area contributed by atoms with Crippen LogP contribution in [0.5, 0.6) is 0 Å². The average molecular weight is 221 g/mol. The second-order valence-corrected chi connectivity index (χ2v) is 4.46. The average Bonchev–Trinajstić information content (AvgIpc) is 2.88. The molecule has 3 heteroatoms. The van der Waals surface area contributed by atoms with E-state index >= 15 is 0 Å². The third kappa shape index (κ3) is 1.45. The molecular weight excluding hydrogens is 208 g/mol. The highest BCUT2D eigenvalue weighted by molar-refractivity contribution is 6.35. The van der Waals surface area contributed by atoms with Gasteiger partial charge in [-0.3, -0.25) is 0 Å². The number of benzene rings is 1. The van der Waals surface area contributed by atoms with Gasteiger partial charge >= 0.3 is 0 Å². The molecule has 0 saturated carbocycles. The van der Waals surface area contributed by atoms with Crippen LogP contribution in [0.4, 0.5) is 0 Å². The molecular formula is C12H13ClN2. The summed E-state index contributed by atoms with van der Waals surface area (Å²) < 4.78 is 0. The first-order valence-corrected chi connectivity index (χ1v) is 5.73. The van der Waals surface area contributed by atoms with Gasteiger partial charge in [-0.15, -0.1) is 0 Å². The van der Waals surface area contributed by atoms with Crippen LogP contribution in [0.2, 0.25) is 5.02 Å². The maximum absolute atomic E-state index is 6.20. The van der Waals surface area contributed by atoms with Crippen molar-refractivity contribution >= 4 is 22.5 Å². The molecule has 3 rings (SSSR count). The summed E-state index contributed by atoms with van der Waals surface area (Å²) >= 11 is 6.20. The molecule has 0 amide bonds. The molecule has 0 spiro atoms. The maximum Gasteiger partial charge on any atom is 0.0662 e. The Labute approximate surface area is 93.6 Å². The third-order valence-corrected chi connectivity index (χ3v) is 3.42. The number of hydrogen-bond donors (Lipinski definition) is 2. The van der Waals surface area contributed by atoms with Crippen molar-refractivity contribution in [1.29, 1.82) is 0 Å². The van der Waals surface area contributed by atoms with Gasteiger partial charge in [0.05, 0.1) is 5.02 Å². The lowest BCUT2D eigenvalue weighted by molar-refractivity contribution is 0.653. The molecule has 15 heavy (non-hydrogen) atoms. The summed E-state index contributed by atoms with van der Waals surface area (Å²) in [5, 5.41) is 5.52. The van der Waals surface area contributed by atoms with Gasteiger partial charge in [0.15, 0.2) is 0 Å². The molecule has 2 heterocycles. The van der Waals surface area contributed by atoms with Gasteiger partial charge in [0.25, 0.3) is 0 Å². The lowest BCUT2D eigenvalue weighted by Gasteiger charge is -2.12. The van der Waals surface area contributed by atoms with Crippen LogP contribution < -0.4 is 5.32 Å². The molecule has 78 valence electrons. The van der Waals surface area contributed by atoms with Gasteiger partial charge in [0.1, 0.15) is 0 Å². The van der Waals surface area contributed by atoms with Gasteiger partial charge in [-0.2, -0.15) is 0 Å². The molecule has 1 unspecified atom stereocenters. The molecule has 2 aromatic rings. The van der Waals surface area contributed by atoms with Crippen LogP contribution >= 0.6 is 11.6 Å². The van der Waals surface area contributed by atoms with E-state index in [1.807, 2.05) is 6.20 Å². The van der Waals surface area contributed by atoms with Crippen LogP contribution in [0.25, 0.3) is 10.9 Å². The van der Waals surface area contributed by atoms with Gasteiger partial charge in [-0.05, 0) is 31.0 Å². The van der Waals surface area contributed by atoms with Crippen molar-refractivity contribution in [2.75, 3.05) is 6.54 Å². The highest BCUT2D eigenvalue weighted by Gasteiger charge is 2.19. The normalized spacial score (nSPS) is 21.3. The van der Waals surface area contributed by atoms with Gasteiger partial charge in [-0.1, -0.05) is 23.7 Å². The van der Waals surface area contributed by atoms with Crippen molar-refractivity contribution in [3.05, 3.63) is 35.0 Å². The lowest BCUT2D eigenvalue weighted by Crippen LogP contribution is -2.12. The molecule has 0 aliphatic carbocycles. The fourth-order valence-electron chi connectivity index (χ4n) is 2.41. The molecule has 1 aliphatic heterocycles. The van der Waals surface area contributed by atoms with Crippen molar-refractivity contribution in [1.82, 2.24) is 10.3 Å². The topological polar surface area (TPSA) is 27.8 Å². The Bertz CT molecular complexity index is 483. The second kappa shape index (κ2) is 3.54. The Hall–Kier alpha value is -0.990. The number of rotatable bonds is 1.